The molecule has 1 amide bonds. The van der Waals surface area contributed by atoms with Gasteiger partial charge in [-0.25, -0.2) is 0 Å². The Hall–Kier alpha value is -0.660. The predicted molar refractivity (Wildman–Crippen MR) is 80.3 cm³/mol. The third-order valence-electron chi connectivity index (χ3n) is 2.52. The zero-order valence-corrected chi connectivity index (χ0v) is 12.9. The molecule has 0 heterocycles. The number of hydrogen-bond donors (Lipinski definition) is 2. The third kappa shape index (κ3) is 5.79. The molecule has 0 bridgehead atoms. The van der Waals surface area contributed by atoms with E-state index in [-0.39, 0.29) is 11.9 Å². The van der Waals surface area contributed by atoms with Crippen LogP contribution >= 0.6 is 22.6 Å². The Morgan fingerprint density at radius 3 is 2.67 bits per heavy atom. The monoisotopic (exact) mass is 362 g/mol. The van der Waals surface area contributed by atoms with E-state index in [0.29, 0.717) is 19.7 Å². The molecule has 4 nitrogen and oxygen atoms in total. The van der Waals surface area contributed by atoms with Crippen molar-refractivity contribution in [1.29, 1.82) is 0 Å². The minimum atomic E-state index is -0.207. The molecule has 0 fully saturated rings. The normalized spacial score (nSPS) is 12.2. The maximum Gasteiger partial charge on any atom is 0.236 e. The molecule has 1 aromatic carbocycles. The van der Waals surface area contributed by atoms with Crippen LogP contribution in [0.15, 0.2) is 24.3 Å². The Morgan fingerprint density at radius 1 is 1.39 bits per heavy atom. The number of ether oxygens (including phenoxy) is 1. The molecule has 0 spiro atoms. The Morgan fingerprint density at radius 2 is 2.06 bits per heavy atom. The van der Waals surface area contributed by atoms with Gasteiger partial charge in [0, 0.05) is 23.8 Å². The molecule has 0 aliphatic heterocycles. The summed E-state index contributed by atoms with van der Waals surface area (Å²) in [4.78, 5) is 11.7. The fraction of sp³-hybridized carbons (Fsp3) is 0.462. The molecule has 1 aromatic rings. The quantitative estimate of drug-likeness (QED) is 0.572. The average Bonchev–Trinajstić information content (AvgIpc) is 2.38. The van der Waals surface area contributed by atoms with E-state index in [9.17, 15) is 4.79 Å². The van der Waals surface area contributed by atoms with Gasteiger partial charge in [-0.1, -0.05) is 12.1 Å². The fourth-order valence-electron chi connectivity index (χ4n) is 1.40. The standard InChI is InChI=1S/C13H19IN2O2/c1-10(13(17)15-7-8-18-2)16-9-11-3-5-12(14)6-4-11/h3-6,10,16H,7-9H2,1-2H3,(H,15,17). The molecule has 18 heavy (non-hydrogen) atoms. The predicted octanol–water partition coefficient (Wildman–Crippen LogP) is 1.53. The van der Waals surface area contributed by atoms with Crippen molar-refractivity contribution in [2.45, 2.75) is 19.5 Å². The molecule has 1 unspecified atom stereocenters. The minimum absolute atomic E-state index is 0.00226. The minimum Gasteiger partial charge on any atom is -0.383 e. The molecule has 0 aliphatic carbocycles. The molecule has 0 aromatic heterocycles. The van der Waals surface area contributed by atoms with Crippen LogP contribution in [0, 0.1) is 3.57 Å². The third-order valence-corrected chi connectivity index (χ3v) is 3.24. The summed E-state index contributed by atoms with van der Waals surface area (Å²) in [5, 5.41) is 5.99. The van der Waals surface area contributed by atoms with Crippen LogP contribution in [-0.2, 0) is 16.1 Å². The van der Waals surface area contributed by atoms with Gasteiger partial charge in [0.05, 0.1) is 12.6 Å². The van der Waals surface area contributed by atoms with E-state index < -0.39 is 0 Å². The van der Waals surface area contributed by atoms with Gasteiger partial charge in [-0.05, 0) is 47.2 Å². The number of rotatable bonds is 7. The van der Waals surface area contributed by atoms with Crippen LogP contribution in [0.2, 0.25) is 0 Å². The van der Waals surface area contributed by atoms with Crippen molar-refractivity contribution >= 4 is 28.5 Å². The zero-order valence-electron chi connectivity index (χ0n) is 10.7. The van der Waals surface area contributed by atoms with Crippen LogP contribution in [0.5, 0.6) is 0 Å². The van der Waals surface area contributed by atoms with Gasteiger partial charge >= 0.3 is 0 Å². The maximum absolute atomic E-state index is 11.7. The Balaban J connectivity index is 2.29. The van der Waals surface area contributed by atoms with Crippen LogP contribution < -0.4 is 10.6 Å². The molecule has 1 rings (SSSR count). The first-order valence-electron chi connectivity index (χ1n) is 5.88. The smallest absolute Gasteiger partial charge is 0.236 e. The molecule has 100 valence electrons. The molecule has 5 heteroatoms. The second kappa shape index (κ2) is 8.44. The number of methoxy groups -OCH3 is 1. The van der Waals surface area contributed by atoms with Gasteiger partial charge in [0.25, 0.3) is 0 Å². The summed E-state index contributed by atoms with van der Waals surface area (Å²) >= 11 is 2.27. The van der Waals surface area contributed by atoms with Crippen molar-refractivity contribution in [2.75, 3.05) is 20.3 Å². The molecular formula is C13H19IN2O2. The van der Waals surface area contributed by atoms with Gasteiger partial charge in [-0.15, -0.1) is 0 Å². The van der Waals surface area contributed by atoms with Crippen molar-refractivity contribution < 1.29 is 9.53 Å². The highest BCUT2D eigenvalue weighted by Gasteiger charge is 2.10. The lowest BCUT2D eigenvalue weighted by molar-refractivity contribution is -0.122. The first-order valence-corrected chi connectivity index (χ1v) is 6.96. The summed E-state index contributed by atoms with van der Waals surface area (Å²) < 4.78 is 6.09. The van der Waals surface area contributed by atoms with E-state index in [0.717, 1.165) is 0 Å². The number of carbonyl (C=O) groups is 1. The van der Waals surface area contributed by atoms with Gasteiger partial charge in [-0.3, -0.25) is 4.79 Å². The van der Waals surface area contributed by atoms with Gasteiger partial charge < -0.3 is 15.4 Å². The van der Waals surface area contributed by atoms with Crippen molar-refractivity contribution in [1.82, 2.24) is 10.6 Å². The van der Waals surface area contributed by atoms with E-state index in [1.807, 2.05) is 6.92 Å². The zero-order chi connectivity index (χ0) is 13.4. The second-order valence-corrected chi connectivity index (χ2v) is 5.26. The van der Waals surface area contributed by atoms with Crippen molar-refractivity contribution in [3.05, 3.63) is 33.4 Å². The van der Waals surface area contributed by atoms with E-state index in [1.165, 1.54) is 9.13 Å². The molecular weight excluding hydrogens is 343 g/mol. The number of nitrogens with one attached hydrogen (secondary N) is 2. The number of hydrogen-bond acceptors (Lipinski definition) is 3. The second-order valence-electron chi connectivity index (χ2n) is 4.01. The highest BCUT2D eigenvalue weighted by molar-refractivity contribution is 14.1. The lowest BCUT2D eigenvalue weighted by Gasteiger charge is -2.14. The van der Waals surface area contributed by atoms with E-state index in [4.69, 9.17) is 4.74 Å². The van der Waals surface area contributed by atoms with Crippen LogP contribution in [0.25, 0.3) is 0 Å². The highest BCUT2D eigenvalue weighted by Crippen LogP contribution is 2.06. The number of amides is 1. The average molecular weight is 362 g/mol. The summed E-state index contributed by atoms with van der Waals surface area (Å²) in [6.45, 7) is 3.63. The van der Waals surface area contributed by atoms with Gasteiger partial charge in [-0.2, -0.15) is 0 Å². The molecule has 0 saturated carbocycles. The molecule has 0 radical (unpaired) electrons. The van der Waals surface area contributed by atoms with Gasteiger partial charge in [0.15, 0.2) is 0 Å². The topological polar surface area (TPSA) is 50.4 Å². The van der Waals surface area contributed by atoms with Crippen LogP contribution in [-0.4, -0.2) is 32.2 Å². The SMILES string of the molecule is COCCNC(=O)C(C)NCc1ccc(I)cc1. The Kier molecular flexibility index (Phi) is 7.22. The van der Waals surface area contributed by atoms with Gasteiger partial charge in [0.1, 0.15) is 0 Å². The highest BCUT2D eigenvalue weighted by atomic mass is 127. The largest absolute Gasteiger partial charge is 0.383 e. The lowest BCUT2D eigenvalue weighted by Crippen LogP contribution is -2.42. The number of benzene rings is 1. The van der Waals surface area contributed by atoms with E-state index in [1.54, 1.807) is 7.11 Å². The van der Waals surface area contributed by atoms with Crippen molar-refractivity contribution in [3.8, 4) is 0 Å². The Bertz CT molecular complexity index is 368. The summed E-state index contributed by atoms with van der Waals surface area (Å²) in [5.74, 6) is -0.00226. The lowest BCUT2D eigenvalue weighted by atomic mass is 10.2. The fourth-order valence-corrected chi connectivity index (χ4v) is 1.75. The molecule has 2 N–H and O–H groups in total. The maximum atomic E-state index is 11.7. The summed E-state index contributed by atoms with van der Waals surface area (Å²) in [7, 11) is 1.62. The number of halogens is 1. The van der Waals surface area contributed by atoms with Crippen molar-refractivity contribution in [3.63, 3.8) is 0 Å². The molecule has 1 atom stereocenters. The van der Waals surface area contributed by atoms with Crippen LogP contribution in [0.3, 0.4) is 0 Å². The first-order chi connectivity index (χ1) is 8.63. The summed E-state index contributed by atoms with van der Waals surface area (Å²) in [5.41, 5.74) is 1.17. The van der Waals surface area contributed by atoms with E-state index >= 15 is 0 Å². The van der Waals surface area contributed by atoms with Crippen molar-refractivity contribution in [2.24, 2.45) is 0 Å². The number of carbonyl (C=O) groups excluding carboxylic acids is 1. The molecule has 0 saturated heterocycles. The summed E-state index contributed by atoms with van der Waals surface area (Å²) in [6.07, 6.45) is 0. The van der Waals surface area contributed by atoms with Gasteiger partial charge in [0.2, 0.25) is 5.91 Å². The molecule has 0 aliphatic rings. The van der Waals surface area contributed by atoms with Crippen LogP contribution in [0.1, 0.15) is 12.5 Å². The van der Waals surface area contributed by atoms with Crippen LogP contribution in [0.4, 0.5) is 0 Å². The van der Waals surface area contributed by atoms with E-state index in [2.05, 4.69) is 57.5 Å². The summed E-state index contributed by atoms with van der Waals surface area (Å²) in [6, 6.07) is 8.03. The Labute approximate surface area is 122 Å². The first kappa shape index (κ1) is 15.4.